The van der Waals surface area contributed by atoms with Crippen molar-refractivity contribution in [2.45, 2.75) is 6.42 Å². The number of anilines is 1. The lowest BCUT2D eigenvalue weighted by atomic mass is 10.00. The van der Waals surface area contributed by atoms with Gasteiger partial charge in [0.25, 0.3) is 0 Å². The summed E-state index contributed by atoms with van der Waals surface area (Å²) in [7, 11) is 2.94. The molecule has 1 aromatic carbocycles. The van der Waals surface area contributed by atoms with Crippen LogP contribution >= 0.6 is 0 Å². The van der Waals surface area contributed by atoms with Crippen molar-refractivity contribution in [1.29, 1.82) is 0 Å². The van der Waals surface area contributed by atoms with Crippen molar-refractivity contribution in [3.63, 3.8) is 0 Å². The number of methoxy groups -OCH3 is 2. The Kier molecular flexibility index (Phi) is 4.87. The molecule has 0 amide bonds. The van der Waals surface area contributed by atoms with Crippen LogP contribution in [-0.2, 0) is 4.74 Å². The number of carbonyl (C=O) groups is 1. The molecule has 1 atom stereocenters. The first-order valence-corrected chi connectivity index (χ1v) is 9.10. The summed E-state index contributed by atoms with van der Waals surface area (Å²) in [6.07, 6.45) is 4.17. The van der Waals surface area contributed by atoms with E-state index in [-0.39, 0.29) is 12.5 Å². The van der Waals surface area contributed by atoms with Gasteiger partial charge in [-0.25, -0.2) is 14.8 Å². The summed E-state index contributed by atoms with van der Waals surface area (Å²) in [6.45, 7) is 1.57. The summed E-state index contributed by atoms with van der Waals surface area (Å²) in [6, 6.07) is 5.66. The Morgan fingerprint density at radius 3 is 2.86 bits per heavy atom. The summed E-state index contributed by atoms with van der Waals surface area (Å²) < 4.78 is 10.2. The third-order valence-corrected chi connectivity index (χ3v) is 5.21. The third kappa shape index (κ3) is 3.05. The number of benzene rings is 1. The second-order valence-electron chi connectivity index (χ2n) is 6.81. The molecule has 0 bridgehead atoms. The number of aromatic amines is 1. The van der Waals surface area contributed by atoms with Gasteiger partial charge in [-0.2, -0.15) is 0 Å². The molecular formula is C20H22N4O4. The molecule has 1 fully saturated rings. The van der Waals surface area contributed by atoms with Gasteiger partial charge >= 0.3 is 5.97 Å². The van der Waals surface area contributed by atoms with E-state index in [9.17, 15) is 9.90 Å². The number of H-pyrrole nitrogens is 1. The van der Waals surface area contributed by atoms with E-state index in [1.165, 1.54) is 7.11 Å². The molecule has 4 rings (SSSR count). The van der Waals surface area contributed by atoms with Gasteiger partial charge < -0.3 is 24.5 Å². The summed E-state index contributed by atoms with van der Waals surface area (Å²) in [5.41, 5.74) is 4.26. The number of imidazole rings is 1. The fraction of sp³-hybridized carbons (Fsp3) is 0.350. The Labute approximate surface area is 162 Å². The summed E-state index contributed by atoms with van der Waals surface area (Å²) in [5.74, 6) is 0.295. The molecule has 0 spiro atoms. The van der Waals surface area contributed by atoms with Crippen LogP contribution < -0.4 is 9.64 Å². The predicted octanol–water partition coefficient (Wildman–Crippen LogP) is 2.24. The fourth-order valence-electron chi connectivity index (χ4n) is 3.73. The molecule has 0 aliphatic carbocycles. The molecule has 8 nitrogen and oxygen atoms in total. The molecule has 8 heteroatoms. The number of aliphatic hydroxyl groups excluding tert-OH is 1. The first-order chi connectivity index (χ1) is 13.7. The van der Waals surface area contributed by atoms with Crippen molar-refractivity contribution < 1.29 is 19.4 Å². The van der Waals surface area contributed by atoms with Gasteiger partial charge in [-0.05, 0) is 18.6 Å². The highest BCUT2D eigenvalue weighted by Gasteiger charge is 2.29. The normalized spacial score (nSPS) is 16.5. The Hall–Kier alpha value is -3.13. The zero-order chi connectivity index (χ0) is 19.7. The van der Waals surface area contributed by atoms with Crippen molar-refractivity contribution >= 4 is 22.7 Å². The average molecular weight is 382 g/mol. The average Bonchev–Trinajstić information content (AvgIpc) is 3.41. The number of pyridine rings is 1. The molecule has 146 valence electrons. The molecule has 28 heavy (non-hydrogen) atoms. The van der Waals surface area contributed by atoms with Crippen LogP contribution in [0.4, 0.5) is 5.69 Å². The van der Waals surface area contributed by atoms with Crippen LogP contribution in [-0.4, -0.2) is 59.9 Å². The molecule has 2 aromatic heterocycles. The molecular weight excluding hydrogens is 360 g/mol. The monoisotopic (exact) mass is 382 g/mol. The number of esters is 1. The molecule has 1 aliphatic rings. The second kappa shape index (κ2) is 7.47. The number of aromatic nitrogens is 3. The number of aliphatic hydroxyl groups is 1. The van der Waals surface area contributed by atoms with Gasteiger partial charge in [-0.1, -0.05) is 0 Å². The zero-order valence-corrected chi connectivity index (χ0v) is 15.8. The summed E-state index contributed by atoms with van der Waals surface area (Å²) in [4.78, 5) is 26.5. The van der Waals surface area contributed by atoms with Crippen molar-refractivity contribution in [1.82, 2.24) is 15.0 Å². The van der Waals surface area contributed by atoms with Gasteiger partial charge in [0.1, 0.15) is 5.56 Å². The van der Waals surface area contributed by atoms with Crippen LogP contribution in [0.3, 0.4) is 0 Å². The number of nitrogens with zero attached hydrogens (tertiary/aromatic N) is 3. The topological polar surface area (TPSA) is 101 Å². The van der Waals surface area contributed by atoms with Crippen LogP contribution in [0.5, 0.6) is 5.88 Å². The number of ether oxygens (including phenoxy) is 2. The molecule has 1 aliphatic heterocycles. The van der Waals surface area contributed by atoms with E-state index in [1.54, 1.807) is 25.7 Å². The Balaban J connectivity index is 1.91. The van der Waals surface area contributed by atoms with E-state index in [0.717, 1.165) is 29.8 Å². The first kappa shape index (κ1) is 18.2. The third-order valence-electron chi connectivity index (χ3n) is 5.21. The molecule has 2 N–H and O–H groups in total. The minimum absolute atomic E-state index is 0.131. The SMILES string of the molecule is COC(=O)c1c(N2CCC(CO)C2)cc(-c2ccc(OC)nc2)c2nc[nH]c12. The highest BCUT2D eigenvalue weighted by Crippen LogP contribution is 2.38. The van der Waals surface area contributed by atoms with E-state index in [4.69, 9.17) is 9.47 Å². The van der Waals surface area contributed by atoms with Gasteiger partial charge in [0.15, 0.2) is 0 Å². The largest absolute Gasteiger partial charge is 0.481 e. The number of fused-ring (bicyclic) bond motifs is 1. The van der Waals surface area contributed by atoms with E-state index in [2.05, 4.69) is 19.9 Å². The minimum atomic E-state index is -0.420. The van der Waals surface area contributed by atoms with Crippen molar-refractivity contribution in [3.8, 4) is 17.0 Å². The maximum atomic E-state index is 12.6. The molecule has 1 unspecified atom stereocenters. The van der Waals surface area contributed by atoms with E-state index >= 15 is 0 Å². The van der Waals surface area contributed by atoms with E-state index in [0.29, 0.717) is 29.0 Å². The Morgan fingerprint density at radius 1 is 1.36 bits per heavy atom. The smallest absolute Gasteiger partial charge is 0.342 e. The lowest BCUT2D eigenvalue weighted by Gasteiger charge is -2.23. The van der Waals surface area contributed by atoms with Crippen LogP contribution in [0.2, 0.25) is 0 Å². The number of hydrogen-bond acceptors (Lipinski definition) is 7. The van der Waals surface area contributed by atoms with Crippen LogP contribution in [0, 0.1) is 5.92 Å². The van der Waals surface area contributed by atoms with Gasteiger partial charge in [-0.3, -0.25) is 0 Å². The Morgan fingerprint density at radius 2 is 2.21 bits per heavy atom. The molecule has 0 radical (unpaired) electrons. The number of nitrogens with one attached hydrogen (secondary N) is 1. The maximum Gasteiger partial charge on any atom is 0.342 e. The van der Waals surface area contributed by atoms with Gasteiger partial charge in [0, 0.05) is 49.0 Å². The first-order valence-electron chi connectivity index (χ1n) is 9.10. The number of carbonyl (C=O) groups excluding carboxylic acids is 1. The highest BCUT2D eigenvalue weighted by atomic mass is 16.5. The molecule has 3 aromatic rings. The molecule has 0 saturated carbocycles. The maximum absolute atomic E-state index is 12.6. The van der Waals surface area contributed by atoms with Crippen LogP contribution in [0.15, 0.2) is 30.7 Å². The van der Waals surface area contributed by atoms with Crippen LogP contribution in [0.25, 0.3) is 22.2 Å². The van der Waals surface area contributed by atoms with Gasteiger partial charge in [0.05, 0.1) is 37.3 Å². The van der Waals surface area contributed by atoms with Crippen molar-refractivity contribution in [3.05, 3.63) is 36.3 Å². The lowest BCUT2D eigenvalue weighted by molar-refractivity contribution is 0.0603. The van der Waals surface area contributed by atoms with Gasteiger partial charge in [0.2, 0.25) is 5.88 Å². The summed E-state index contributed by atoms with van der Waals surface area (Å²) in [5, 5.41) is 9.52. The zero-order valence-electron chi connectivity index (χ0n) is 15.8. The van der Waals surface area contributed by atoms with E-state index in [1.807, 2.05) is 12.1 Å². The summed E-state index contributed by atoms with van der Waals surface area (Å²) >= 11 is 0. The van der Waals surface area contributed by atoms with Crippen LogP contribution in [0.1, 0.15) is 16.8 Å². The fourth-order valence-corrected chi connectivity index (χ4v) is 3.73. The molecule has 3 heterocycles. The van der Waals surface area contributed by atoms with E-state index < -0.39 is 5.97 Å². The second-order valence-corrected chi connectivity index (χ2v) is 6.81. The standard InChI is InChI=1S/C20H22N4O4/c1-27-16-4-3-13(8-21-16)14-7-15(24-6-5-12(9-24)10-25)17(20(26)28-2)19-18(14)22-11-23-19/h3-4,7-8,11-12,25H,5-6,9-10H2,1-2H3,(H,22,23). The minimum Gasteiger partial charge on any atom is -0.481 e. The highest BCUT2D eigenvalue weighted by molar-refractivity contribution is 6.11. The van der Waals surface area contributed by atoms with Gasteiger partial charge in [-0.15, -0.1) is 0 Å². The Bertz CT molecular complexity index is 999. The number of rotatable bonds is 5. The quantitative estimate of drug-likeness (QED) is 0.653. The molecule has 1 saturated heterocycles. The van der Waals surface area contributed by atoms with Crippen molar-refractivity contribution in [2.75, 3.05) is 38.8 Å². The predicted molar refractivity (Wildman–Crippen MR) is 105 cm³/mol. The number of hydrogen-bond donors (Lipinski definition) is 2. The van der Waals surface area contributed by atoms with Crippen molar-refractivity contribution in [2.24, 2.45) is 5.92 Å². The lowest BCUT2D eigenvalue weighted by Crippen LogP contribution is -2.23.